The summed E-state index contributed by atoms with van der Waals surface area (Å²) in [6, 6.07) is 13.5. The van der Waals surface area contributed by atoms with E-state index in [9.17, 15) is 9.59 Å². The maximum absolute atomic E-state index is 12.5. The van der Waals surface area contributed by atoms with Gasteiger partial charge in [0.2, 0.25) is 5.91 Å². The lowest BCUT2D eigenvalue weighted by atomic mass is 10.0. The molecule has 0 aliphatic heterocycles. The van der Waals surface area contributed by atoms with Gasteiger partial charge in [-0.3, -0.25) is 9.59 Å². The van der Waals surface area contributed by atoms with Crippen molar-refractivity contribution in [2.75, 3.05) is 7.05 Å². The fourth-order valence-corrected chi connectivity index (χ4v) is 2.73. The van der Waals surface area contributed by atoms with Crippen molar-refractivity contribution in [3.63, 3.8) is 0 Å². The minimum Gasteiger partial charge on any atom is -0.356 e. The number of likely N-dealkylation sites (N-methyl/N-ethyl adjacent to an activating group) is 1. The van der Waals surface area contributed by atoms with Crippen molar-refractivity contribution in [3.05, 3.63) is 89.0 Å². The van der Waals surface area contributed by atoms with E-state index in [2.05, 4.69) is 17.2 Å². The summed E-state index contributed by atoms with van der Waals surface area (Å²) < 4.78 is 0. The normalized spacial score (nSPS) is 11.0. The van der Waals surface area contributed by atoms with Crippen molar-refractivity contribution >= 4 is 17.4 Å². The van der Waals surface area contributed by atoms with Crippen LogP contribution in [0.2, 0.25) is 0 Å². The molecule has 0 aromatic heterocycles. The molecule has 0 heterocycles. The second-order valence-corrected chi connectivity index (χ2v) is 6.06. The average molecular weight is 348 g/mol. The number of carbonyl (C=O) groups is 2. The summed E-state index contributed by atoms with van der Waals surface area (Å²) in [7, 11) is 1.58. The van der Waals surface area contributed by atoms with Gasteiger partial charge in [0.05, 0.1) is 0 Å². The number of aryl methyl sites for hydroxylation is 2. The van der Waals surface area contributed by atoms with E-state index in [1.807, 2.05) is 56.3 Å². The molecule has 4 heteroatoms. The smallest absolute Gasteiger partial charge is 0.252 e. The molecule has 4 nitrogen and oxygen atoms in total. The van der Waals surface area contributed by atoms with Gasteiger partial charge in [-0.25, -0.2) is 0 Å². The van der Waals surface area contributed by atoms with Gasteiger partial charge in [0.25, 0.3) is 5.91 Å². The van der Waals surface area contributed by atoms with E-state index in [1.165, 1.54) is 6.08 Å². The first-order chi connectivity index (χ1) is 12.5. The zero-order chi connectivity index (χ0) is 19.1. The third kappa shape index (κ3) is 4.70. The average Bonchev–Trinajstić information content (AvgIpc) is 2.64. The molecule has 0 bridgehead atoms. The fourth-order valence-electron chi connectivity index (χ4n) is 2.73. The van der Waals surface area contributed by atoms with E-state index in [-0.39, 0.29) is 11.8 Å². The number of hydrogen-bond acceptors (Lipinski definition) is 2. The number of amides is 2. The van der Waals surface area contributed by atoms with Crippen LogP contribution in [0, 0.1) is 13.8 Å². The Morgan fingerprint density at radius 2 is 1.65 bits per heavy atom. The first-order valence-corrected chi connectivity index (χ1v) is 8.46. The Labute approximate surface area is 154 Å². The van der Waals surface area contributed by atoms with E-state index < -0.39 is 0 Å². The highest BCUT2D eigenvalue weighted by atomic mass is 16.2. The van der Waals surface area contributed by atoms with E-state index >= 15 is 0 Å². The number of rotatable bonds is 6. The van der Waals surface area contributed by atoms with Crippen LogP contribution < -0.4 is 10.6 Å². The van der Waals surface area contributed by atoms with Crippen LogP contribution in [0.3, 0.4) is 0 Å². The Balaban J connectivity index is 2.08. The summed E-state index contributed by atoms with van der Waals surface area (Å²) in [5.41, 5.74) is 5.28. The maximum Gasteiger partial charge on any atom is 0.252 e. The molecule has 0 unspecified atom stereocenters. The van der Waals surface area contributed by atoms with Gasteiger partial charge in [-0.2, -0.15) is 0 Å². The Morgan fingerprint density at radius 3 is 2.19 bits per heavy atom. The predicted molar refractivity (Wildman–Crippen MR) is 106 cm³/mol. The Hall–Kier alpha value is -3.14. The molecular weight excluding hydrogens is 324 g/mol. The third-order valence-corrected chi connectivity index (χ3v) is 4.20. The third-order valence-electron chi connectivity index (χ3n) is 4.20. The van der Waals surface area contributed by atoms with Crippen LogP contribution in [0.5, 0.6) is 0 Å². The van der Waals surface area contributed by atoms with Crippen molar-refractivity contribution in [1.29, 1.82) is 0 Å². The Morgan fingerprint density at radius 1 is 1.04 bits per heavy atom. The highest BCUT2D eigenvalue weighted by Gasteiger charge is 2.11. The van der Waals surface area contributed by atoms with Gasteiger partial charge in [-0.15, -0.1) is 0 Å². The number of nitrogens with one attached hydrogen (secondary N) is 2. The van der Waals surface area contributed by atoms with Crippen molar-refractivity contribution in [3.8, 4) is 0 Å². The summed E-state index contributed by atoms with van der Waals surface area (Å²) >= 11 is 0. The molecule has 0 fully saturated rings. The lowest BCUT2D eigenvalue weighted by molar-refractivity contribution is -0.116. The molecular formula is C22H24N2O2. The summed E-state index contributed by atoms with van der Waals surface area (Å²) in [4.78, 5) is 24.0. The van der Waals surface area contributed by atoms with Gasteiger partial charge in [0, 0.05) is 25.2 Å². The predicted octanol–water partition coefficient (Wildman–Crippen LogP) is 3.55. The van der Waals surface area contributed by atoms with Gasteiger partial charge in [0.15, 0.2) is 0 Å². The topological polar surface area (TPSA) is 58.2 Å². The van der Waals surface area contributed by atoms with Crippen LogP contribution in [0.15, 0.2) is 61.2 Å². The van der Waals surface area contributed by atoms with Crippen LogP contribution >= 0.6 is 0 Å². The number of carbonyl (C=O) groups excluding carboxylic acids is 2. The summed E-state index contributed by atoms with van der Waals surface area (Å²) in [5.74, 6) is -0.249. The Bertz CT molecular complexity index is 829. The van der Waals surface area contributed by atoms with E-state index in [4.69, 9.17) is 0 Å². The molecule has 0 saturated carbocycles. The van der Waals surface area contributed by atoms with Crippen molar-refractivity contribution < 1.29 is 9.59 Å². The molecule has 2 rings (SSSR count). The molecule has 26 heavy (non-hydrogen) atoms. The zero-order valence-electron chi connectivity index (χ0n) is 15.4. The fraction of sp³-hybridized carbons (Fsp3) is 0.182. The van der Waals surface area contributed by atoms with Crippen LogP contribution in [0.4, 0.5) is 0 Å². The Kier molecular flexibility index (Phi) is 6.50. The molecule has 0 aliphatic rings. The van der Waals surface area contributed by atoms with E-state index in [1.54, 1.807) is 13.1 Å². The summed E-state index contributed by atoms with van der Waals surface area (Å²) in [6.45, 7) is 8.07. The second-order valence-electron chi connectivity index (χ2n) is 6.06. The quantitative estimate of drug-likeness (QED) is 0.619. The summed E-state index contributed by atoms with van der Waals surface area (Å²) in [5, 5.41) is 5.52. The van der Waals surface area contributed by atoms with Gasteiger partial charge < -0.3 is 10.6 Å². The van der Waals surface area contributed by atoms with Crippen molar-refractivity contribution in [1.82, 2.24) is 10.6 Å². The van der Waals surface area contributed by atoms with E-state index in [0.717, 1.165) is 33.4 Å². The SMILES string of the molecule is C=C/C(=C\C(=O)NC)c1ccc(CNC(=O)c2c(C)cccc2C)cc1. The molecule has 0 radical (unpaired) electrons. The van der Waals surface area contributed by atoms with Crippen LogP contribution in [-0.4, -0.2) is 18.9 Å². The van der Waals surface area contributed by atoms with Crippen LogP contribution in [0.25, 0.3) is 5.57 Å². The number of hydrogen-bond donors (Lipinski definition) is 2. The second kappa shape index (κ2) is 8.81. The lowest BCUT2D eigenvalue weighted by Gasteiger charge is -2.11. The standard InChI is InChI=1S/C22H24N2O2/c1-5-18(13-20(25)23-4)19-11-9-17(10-12-19)14-24-22(26)21-15(2)7-6-8-16(21)3/h5-13H,1,14H2,2-4H3,(H,23,25)(H,24,26)/b18-13+. The monoisotopic (exact) mass is 348 g/mol. The minimum atomic E-state index is -0.176. The zero-order valence-corrected chi connectivity index (χ0v) is 15.4. The molecule has 2 aromatic carbocycles. The number of allylic oxidation sites excluding steroid dienone is 2. The molecule has 0 aliphatic carbocycles. The highest BCUT2D eigenvalue weighted by Crippen LogP contribution is 2.17. The minimum absolute atomic E-state index is 0.0732. The molecule has 0 spiro atoms. The highest BCUT2D eigenvalue weighted by molar-refractivity contribution is 5.97. The summed E-state index contributed by atoms with van der Waals surface area (Å²) in [6.07, 6.45) is 3.15. The van der Waals surface area contributed by atoms with Crippen molar-refractivity contribution in [2.45, 2.75) is 20.4 Å². The molecule has 2 N–H and O–H groups in total. The molecule has 2 amide bonds. The first kappa shape index (κ1) is 19.2. The van der Waals surface area contributed by atoms with Gasteiger partial charge in [-0.05, 0) is 41.7 Å². The van der Waals surface area contributed by atoms with Gasteiger partial charge in [0.1, 0.15) is 0 Å². The largest absolute Gasteiger partial charge is 0.356 e. The van der Waals surface area contributed by atoms with Gasteiger partial charge >= 0.3 is 0 Å². The first-order valence-electron chi connectivity index (χ1n) is 8.46. The van der Waals surface area contributed by atoms with Crippen LogP contribution in [0.1, 0.15) is 32.6 Å². The molecule has 134 valence electrons. The molecule has 2 aromatic rings. The molecule has 0 saturated heterocycles. The van der Waals surface area contributed by atoms with E-state index in [0.29, 0.717) is 6.54 Å². The molecule has 0 atom stereocenters. The van der Waals surface area contributed by atoms with Gasteiger partial charge in [-0.1, -0.05) is 55.1 Å². The van der Waals surface area contributed by atoms with Crippen LogP contribution in [-0.2, 0) is 11.3 Å². The maximum atomic E-state index is 12.5. The lowest BCUT2D eigenvalue weighted by Crippen LogP contribution is -2.24. The van der Waals surface area contributed by atoms with Crippen molar-refractivity contribution in [2.24, 2.45) is 0 Å². The number of benzene rings is 2.